The van der Waals surface area contributed by atoms with Gasteiger partial charge in [-0.15, -0.1) is 0 Å². The molecule has 144 valence electrons. The molecule has 0 saturated carbocycles. The van der Waals surface area contributed by atoms with Crippen LogP contribution in [0.15, 0.2) is 41.3 Å². The minimum atomic E-state index is -3.61. The number of nitrogens with zero attached hydrogens (tertiary/aromatic N) is 1. The topological polar surface area (TPSA) is 102 Å². The number of methoxy groups -OCH3 is 1. The fourth-order valence-electron chi connectivity index (χ4n) is 3.11. The van der Waals surface area contributed by atoms with Crippen molar-refractivity contribution in [2.45, 2.75) is 24.7 Å². The van der Waals surface area contributed by atoms with Crippen LogP contribution in [-0.4, -0.2) is 38.8 Å². The third-order valence-corrected chi connectivity index (χ3v) is 6.55. The van der Waals surface area contributed by atoms with Crippen LogP contribution in [0.1, 0.15) is 28.8 Å². The highest BCUT2D eigenvalue weighted by Crippen LogP contribution is 2.31. The maximum Gasteiger partial charge on any atom is 0.256 e. The van der Waals surface area contributed by atoms with Crippen molar-refractivity contribution in [3.05, 3.63) is 47.5 Å². The minimum Gasteiger partial charge on any atom is -0.495 e. The molecule has 0 spiro atoms. The fourth-order valence-corrected chi connectivity index (χ4v) is 4.76. The van der Waals surface area contributed by atoms with E-state index in [0.717, 1.165) is 18.4 Å². The van der Waals surface area contributed by atoms with E-state index in [9.17, 15) is 13.2 Å². The zero-order chi connectivity index (χ0) is 19.6. The van der Waals surface area contributed by atoms with Gasteiger partial charge in [0.2, 0.25) is 10.0 Å². The normalized spacial score (nSPS) is 14.9. The number of carbonyl (C=O) groups excluding carboxylic acids is 1. The first-order chi connectivity index (χ1) is 12.8. The van der Waals surface area contributed by atoms with Gasteiger partial charge in [0.25, 0.3) is 5.91 Å². The van der Waals surface area contributed by atoms with Crippen LogP contribution in [0.5, 0.6) is 5.75 Å². The molecule has 1 saturated heterocycles. The molecule has 1 fully saturated rings. The lowest BCUT2D eigenvalue weighted by Gasteiger charge is -2.18. The molecule has 3 rings (SSSR count). The number of carbonyl (C=O) groups is 1. The number of benzene rings is 2. The summed E-state index contributed by atoms with van der Waals surface area (Å²) in [5.74, 6) is -0.124. The van der Waals surface area contributed by atoms with Crippen molar-refractivity contribution >= 4 is 27.3 Å². The van der Waals surface area contributed by atoms with Gasteiger partial charge in [-0.1, -0.05) is 6.07 Å². The van der Waals surface area contributed by atoms with Crippen LogP contribution in [0.4, 0.5) is 11.4 Å². The van der Waals surface area contributed by atoms with Gasteiger partial charge in [-0.2, -0.15) is 4.31 Å². The maximum atomic E-state index is 12.8. The van der Waals surface area contributed by atoms with Crippen LogP contribution in [0.25, 0.3) is 0 Å². The number of nitrogens with two attached hydrogens (primary N) is 1. The molecular weight excluding hydrogens is 366 g/mol. The van der Waals surface area contributed by atoms with E-state index in [0.29, 0.717) is 30.0 Å². The lowest BCUT2D eigenvalue weighted by Crippen LogP contribution is -2.28. The summed E-state index contributed by atoms with van der Waals surface area (Å²) in [5.41, 5.74) is 7.95. The first-order valence-corrected chi connectivity index (χ1v) is 10.1. The van der Waals surface area contributed by atoms with Gasteiger partial charge in [0.05, 0.1) is 7.11 Å². The number of anilines is 2. The molecular formula is C19H23N3O4S. The average Bonchev–Trinajstić information content (AvgIpc) is 3.19. The van der Waals surface area contributed by atoms with E-state index in [1.165, 1.54) is 23.5 Å². The third-order valence-electron chi connectivity index (χ3n) is 4.61. The van der Waals surface area contributed by atoms with Gasteiger partial charge in [0, 0.05) is 36.1 Å². The van der Waals surface area contributed by atoms with Crippen molar-refractivity contribution in [1.82, 2.24) is 4.31 Å². The summed E-state index contributed by atoms with van der Waals surface area (Å²) in [4.78, 5) is 12.6. The van der Waals surface area contributed by atoms with Gasteiger partial charge in [-0.05, 0) is 49.6 Å². The van der Waals surface area contributed by atoms with E-state index in [4.69, 9.17) is 10.5 Å². The highest BCUT2D eigenvalue weighted by atomic mass is 32.2. The summed E-state index contributed by atoms with van der Waals surface area (Å²) in [6.45, 7) is 2.85. The molecule has 7 nitrogen and oxygen atoms in total. The van der Waals surface area contributed by atoms with E-state index in [-0.39, 0.29) is 16.6 Å². The molecule has 0 aromatic heterocycles. The summed E-state index contributed by atoms with van der Waals surface area (Å²) >= 11 is 0. The Hall–Kier alpha value is -2.58. The van der Waals surface area contributed by atoms with Crippen molar-refractivity contribution in [3.63, 3.8) is 0 Å². The van der Waals surface area contributed by atoms with Crippen molar-refractivity contribution in [2.24, 2.45) is 0 Å². The van der Waals surface area contributed by atoms with Gasteiger partial charge in [0.15, 0.2) is 0 Å². The summed E-state index contributed by atoms with van der Waals surface area (Å²) in [6.07, 6.45) is 1.71. The Morgan fingerprint density at radius 1 is 1.15 bits per heavy atom. The summed E-state index contributed by atoms with van der Waals surface area (Å²) in [7, 11) is -2.20. The highest BCUT2D eigenvalue weighted by molar-refractivity contribution is 7.89. The molecule has 1 aliphatic heterocycles. The second-order valence-corrected chi connectivity index (χ2v) is 8.41. The molecule has 8 heteroatoms. The van der Waals surface area contributed by atoms with Gasteiger partial charge < -0.3 is 15.8 Å². The predicted molar refractivity (Wildman–Crippen MR) is 105 cm³/mol. The summed E-state index contributed by atoms with van der Waals surface area (Å²) in [5, 5.41) is 2.77. The second-order valence-electron chi connectivity index (χ2n) is 6.51. The van der Waals surface area contributed by atoms with Crippen LogP contribution in [0.2, 0.25) is 0 Å². The number of nitrogens with one attached hydrogen (secondary N) is 1. The molecule has 0 bridgehead atoms. The molecule has 1 aliphatic rings. The van der Waals surface area contributed by atoms with E-state index in [2.05, 4.69) is 5.32 Å². The van der Waals surface area contributed by atoms with Gasteiger partial charge in [-0.25, -0.2) is 8.42 Å². The number of hydrogen-bond donors (Lipinski definition) is 2. The quantitative estimate of drug-likeness (QED) is 0.766. The molecule has 2 aromatic carbocycles. The number of ether oxygens (including phenoxy) is 1. The molecule has 0 atom stereocenters. The Balaban J connectivity index is 1.88. The third kappa shape index (κ3) is 3.91. The van der Waals surface area contributed by atoms with Crippen LogP contribution in [0, 0.1) is 6.92 Å². The molecule has 0 unspecified atom stereocenters. The van der Waals surface area contributed by atoms with Crippen molar-refractivity contribution < 1.29 is 17.9 Å². The molecule has 2 aromatic rings. The molecule has 1 heterocycles. The lowest BCUT2D eigenvalue weighted by molar-refractivity contribution is 0.102. The monoisotopic (exact) mass is 389 g/mol. The standard InChI is InChI=1S/C19H23N3O4S/c1-13-5-6-14(20)11-16(13)19(23)21-15-7-8-18(17(12-15)26-2)27(24,25)22-9-3-4-10-22/h5-8,11-12H,3-4,9-10,20H2,1-2H3,(H,21,23). The van der Waals surface area contributed by atoms with Crippen LogP contribution >= 0.6 is 0 Å². The number of hydrogen-bond acceptors (Lipinski definition) is 5. The first kappa shape index (κ1) is 19.2. The molecule has 1 amide bonds. The molecule has 3 N–H and O–H groups in total. The Labute approximate surface area is 159 Å². The Bertz CT molecular complexity index is 967. The number of aryl methyl sites for hydroxylation is 1. The van der Waals surface area contributed by atoms with Crippen molar-refractivity contribution in [3.8, 4) is 5.75 Å². The zero-order valence-electron chi connectivity index (χ0n) is 15.4. The smallest absolute Gasteiger partial charge is 0.256 e. The van der Waals surface area contributed by atoms with E-state index in [1.54, 1.807) is 24.3 Å². The first-order valence-electron chi connectivity index (χ1n) is 8.68. The molecule has 0 aliphatic carbocycles. The van der Waals surface area contributed by atoms with Gasteiger partial charge in [0.1, 0.15) is 10.6 Å². The Morgan fingerprint density at radius 3 is 2.52 bits per heavy atom. The minimum absolute atomic E-state index is 0.102. The second kappa shape index (κ2) is 7.58. The predicted octanol–water partition coefficient (Wildman–Crippen LogP) is 2.62. The molecule has 0 radical (unpaired) electrons. The van der Waals surface area contributed by atoms with Crippen LogP contribution in [-0.2, 0) is 10.0 Å². The Morgan fingerprint density at radius 2 is 1.85 bits per heavy atom. The molecule has 27 heavy (non-hydrogen) atoms. The number of nitrogen functional groups attached to an aromatic ring is 1. The van der Waals surface area contributed by atoms with Crippen molar-refractivity contribution in [1.29, 1.82) is 0 Å². The van der Waals surface area contributed by atoms with Crippen LogP contribution in [0.3, 0.4) is 0 Å². The Kier molecular flexibility index (Phi) is 5.38. The number of sulfonamides is 1. The SMILES string of the molecule is COc1cc(NC(=O)c2cc(N)ccc2C)ccc1S(=O)(=O)N1CCCC1. The van der Waals surface area contributed by atoms with Gasteiger partial charge in [-0.3, -0.25) is 4.79 Å². The lowest BCUT2D eigenvalue weighted by atomic mass is 10.1. The maximum absolute atomic E-state index is 12.8. The van der Waals surface area contributed by atoms with Crippen molar-refractivity contribution in [2.75, 3.05) is 31.2 Å². The fraction of sp³-hybridized carbons (Fsp3) is 0.316. The highest BCUT2D eigenvalue weighted by Gasteiger charge is 2.30. The average molecular weight is 389 g/mol. The van der Waals surface area contributed by atoms with E-state index < -0.39 is 10.0 Å². The number of amides is 1. The number of rotatable bonds is 5. The summed E-state index contributed by atoms with van der Waals surface area (Å²) in [6, 6.07) is 9.65. The van der Waals surface area contributed by atoms with E-state index >= 15 is 0 Å². The largest absolute Gasteiger partial charge is 0.495 e. The van der Waals surface area contributed by atoms with Crippen LogP contribution < -0.4 is 15.8 Å². The zero-order valence-corrected chi connectivity index (χ0v) is 16.2. The summed E-state index contributed by atoms with van der Waals surface area (Å²) < 4.78 is 32.3. The van der Waals surface area contributed by atoms with E-state index in [1.807, 2.05) is 6.92 Å². The van der Waals surface area contributed by atoms with Gasteiger partial charge >= 0.3 is 0 Å².